The van der Waals surface area contributed by atoms with Gasteiger partial charge in [-0.25, -0.2) is 13.1 Å². The van der Waals surface area contributed by atoms with Crippen LogP contribution in [0, 0.1) is 6.92 Å². The van der Waals surface area contributed by atoms with Crippen LogP contribution in [0.3, 0.4) is 0 Å². The Kier molecular flexibility index (Phi) is 4.72. The van der Waals surface area contributed by atoms with Crippen molar-refractivity contribution >= 4 is 38.9 Å². The molecule has 7 nitrogen and oxygen atoms in total. The van der Waals surface area contributed by atoms with Gasteiger partial charge in [0.15, 0.2) is 5.82 Å². The van der Waals surface area contributed by atoms with Crippen molar-refractivity contribution in [2.75, 3.05) is 12.3 Å². The average Bonchev–Trinajstić information content (AvgIpc) is 2.72. The van der Waals surface area contributed by atoms with Crippen LogP contribution in [0.2, 0.25) is 10.0 Å². The number of hydrogen-bond donors (Lipinski definition) is 2. The molecule has 0 aliphatic carbocycles. The maximum Gasteiger partial charge on any atom is 0.243 e. The Morgan fingerprint density at radius 2 is 1.95 bits per heavy atom. The van der Waals surface area contributed by atoms with E-state index in [9.17, 15) is 8.42 Å². The third-order valence-electron chi connectivity index (χ3n) is 2.49. The Morgan fingerprint density at radius 1 is 1.33 bits per heavy atom. The van der Waals surface area contributed by atoms with Crippen molar-refractivity contribution in [2.24, 2.45) is 0 Å². The molecule has 2 rings (SSSR count). The molecule has 1 aromatic carbocycles. The summed E-state index contributed by atoms with van der Waals surface area (Å²) in [6, 6.07) is 2.65. The number of nitrogens with one attached hydrogen (secondary N) is 1. The van der Waals surface area contributed by atoms with E-state index in [-0.39, 0.29) is 33.6 Å². The molecule has 114 valence electrons. The maximum absolute atomic E-state index is 12.2. The number of halogens is 2. The molecular formula is C11H12Cl2N4O3S. The summed E-state index contributed by atoms with van der Waals surface area (Å²) in [5.74, 6) is 0.821. The third kappa shape index (κ3) is 3.85. The summed E-state index contributed by atoms with van der Waals surface area (Å²) in [4.78, 5) is 3.76. The zero-order valence-corrected chi connectivity index (χ0v) is 13.3. The van der Waals surface area contributed by atoms with Crippen LogP contribution in [0.25, 0.3) is 0 Å². The molecule has 2 aromatic rings. The van der Waals surface area contributed by atoms with Crippen molar-refractivity contribution in [1.29, 1.82) is 0 Å². The normalized spacial score (nSPS) is 11.8. The van der Waals surface area contributed by atoms with E-state index in [1.807, 2.05) is 0 Å². The molecule has 0 amide bonds. The largest absolute Gasteiger partial charge is 0.399 e. The lowest BCUT2D eigenvalue weighted by Gasteiger charge is -2.10. The maximum atomic E-state index is 12.2. The number of rotatable bonds is 5. The van der Waals surface area contributed by atoms with Crippen LogP contribution in [0.15, 0.2) is 21.6 Å². The number of nitrogens with zero attached hydrogens (tertiary/aromatic N) is 2. The zero-order valence-electron chi connectivity index (χ0n) is 10.9. The van der Waals surface area contributed by atoms with Crippen LogP contribution in [-0.4, -0.2) is 25.1 Å². The number of sulfonamides is 1. The summed E-state index contributed by atoms with van der Waals surface area (Å²) < 4.78 is 31.6. The van der Waals surface area contributed by atoms with Crippen LogP contribution in [0.1, 0.15) is 11.7 Å². The van der Waals surface area contributed by atoms with Crippen LogP contribution in [-0.2, 0) is 16.4 Å². The standard InChI is InChI=1S/C11H12Cl2N4O3S/c1-6-16-10(20-17-6)2-3-15-21(18,19)11-8(12)4-7(14)5-9(11)13/h4-5,15H,2-3,14H2,1H3. The van der Waals surface area contributed by atoms with Crippen LogP contribution < -0.4 is 10.5 Å². The SMILES string of the molecule is Cc1noc(CCNS(=O)(=O)c2c(Cl)cc(N)cc2Cl)n1. The van der Waals surface area contributed by atoms with Gasteiger partial charge in [-0.05, 0) is 19.1 Å². The monoisotopic (exact) mass is 350 g/mol. The highest BCUT2D eigenvalue weighted by molar-refractivity contribution is 7.89. The molecule has 0 unspecified atom stereocenters. The average molecular weight is 351 g/mol. The second kappa shape index (κ2) is 6.18. The summed E-state index contributed by atoms with van der Waals surface area (Å²) in [5, 5.41) is 3.53. The van der Waals surface area contributed by atoms with E-state index in [2.05, 4.69) is 14.9 Å². The van der Waals surface area contributed by atoms with E-state index in [1.54, 1.807) is 6.92 Å². The fourth-order valence-corrected chi connectivity index (χ4v) is 3.90. The number of aryl methyl sites for hydroxylation is 1. The first-order chi connectivity index (χ1) is 9.79. The molecule has 0 aliphatic heterocycles. The van der Waals surface area contributed by atoms with Gasteiger partial charge in [0.05, 0.1) is 10.0 Å². The van der Waals surface area contributed by atoms with Gasteiger partial charge in [0, 0.05) is 18.7 Å². The lowest BCUT2D eigenvalue weighted by atomic mass is 10.3. The predicted molar refractivity (Wildman–Crippen MR) is 78.8 cm³/mol. The molecule has 3 N–H and O–H groups in total. The molecule has 0 bridgehead atoms. The highest BCUT2D eigenvalue weighted by Gasteiger charge is 2.22. The van der Waals surface area contributed by atoms with Crippen LogP contribution >= 0.6 is 23.2 Å². The highest BCUT2D eigenvalue weighted by Crippen LogP contribution is 2.31. The highest BCUT2D eigenvalue weighted by atomic mass is 35.5. The number of hydrogen-bond acceptors (Lipinski definition) is 6. The van der Waals surface area contributed by atoms with Gasteiger partial charge in [0.1, 0.15) is 4.90 Å². The molecule has 1 aromatic heterocycles. The lowest BCUT2D eigenvalue weighted by molar-refractivity contribution is 0.375. The van der Waals surface area contributed by atoms with E-state index >= 15 is 0 Å². The first-order valence-electron chi connectivity index (χ1n) is 5.83. The molecule has 1 heterocycles. The van der Waals surface area contributed by atoms with E-state index in [0.717, 1.165) is 0 Å². The van der Waals surface area contributed by atoms with Gasteiger partial charge in [-0.2, -0.15) is 4.98 Å². The molecule has 21 heavy (non-hydrogen) atoms. The summed E-state index contributed by atoms with van der Waals surface area (Å²) in [7, 11) is -3.86. The Morgan fingerprint density at radius 3 is 2.48 bits per heavy atom. The van der Waals surface area contributed by atoms with Crippen molar-refractivity contribution in [3.8, 4) is 0 Å². The fourth-order valence-electron chi connectivity index (χ4n) is 1.64. The molecule has 0 fully saturated rings. The molecule has 0 spiro atoms. The Labute approximate surface area is 131 Å². The molecule has 0 atom stereocenters. The van der Waals surface area contributed by atoms with Gasteiger partial charge in [-0.15, -0.1) is 0 Å². The van der Waals surface area contributed by atoms with E-state index in [4.69, 9.17) is 33.5 Å². The molecule has 0 saturated heterocycles. The number of nitrogens with two attached hydrogens (primary N) is 1. The summed E-state index contributed by atoms with van der Waals surface area (Å²) in [5.41, 5.74) is 5.82. The summed E-state index contributed by atoms with van der Waals surface area (Å²) >= 11 is 11.8. The molecular weight excluding hydrogens is 339 g/mol. The van der Waals surface area contributed by atoms with Gasteiger partial charge in [-0.1, -0.05) is 28.4 Å². The Hall–Kier alpha value is -1.35. The van der Waals surface area contributed by atoms with E-state index < -0.39 is 10.0 Å². The second-order valence-electron chi connectivity index (χ2n) is 4.20. The summed E-state index contributed by atoms with van der Waals surface area (Å²) in [6.45, 7) is 1.74. The van der Waals surface area contributed by atoms with Gasteiger partial charge < -0.3 is 10.3 Å². The lowest BCUT2D eigenvalue weighted by Crippen LogP contribution is -2.26. The van der Waals surface area contributed by atoms with E-state index in [0.29, 0.717) is 11.7 Å². The minimum absolute atomic E-state index is 0.0406. The third-order valence-corrected chi connectivity index (χ3v) is 4.87. The topological polar surface area (TPSA) is 111 Å². The zero-order chi connectivity index (χ0) is 15.6. The van der Waals surface area contributed by atoms with Gasteiger partial charge in [-0.3, -0.25) is 0 Å². The summed E-state index contributed by atoms with van der Waals surface area (Å²) in [6.07, 6.45) is 0.254. The van der Waals surface area contributed by atoms with Gasteiger partial charge >= 0.3 is 0 Å². The van der Waals surface area contributed by atoms with Crippen molar-refractivity contribution in [3.63, 3.8) is 0 Å². The van der Waals surface area contributed by atoms with Gasteiger partial charge in [0.25, 0.3) is 0 Å². The Bertz CT molecular complexity index is 738. The molecule has 0 saturated carbocycles. The number of aromatic nitrogens is 2. The molecule has 0 radical (unpaired) electrons. The second-order valence-corrected chi connectivity index (χ2v) is 6.71. The van der Waals surface area contributed by atoms with Crippen molar-refractivity contribution in [2.45, 2.75) is 18.2 Å². The molecule has 10 heteroatoms. The minimum atomic E-state index is -3.86. The van der Waals surface area contributed by atoms with Crippen LogP contribution in [0.5, 0.6) is 0 Å². The van der Waals surface area contributed by atoms with Gasteiger partial charge in [0.2, 0.25) is 15.9 Å². The fraction of sp³-hybridized carbons (Fsp3) is 0.273. The molecule has 0 aliphatic rings. The number of benzene rings is 1. The smallest absolute Gasteiger partial charge is 0.243 e. The van der Waals surface area contributed by atoms with Crippen molar-refractivity contribution in [3.05, 3.63) is 33.9 Å². The van der Waals surface area contributed by atoms with Crippen molar-refractivity contribution < 1.29 is 12.9 Å². The first kappa shape index (κ1) is 16.0. The van der Waals surface area contributed by atoms with Crippen molar-refractivity contribution in [1.82, 2.24) is 14.9 Å². The minimum Gasteiger partial charge on any atom is -0.399 e. The number of anilines is 1. The van der Waals surface area contributed by atoms with Crippen LogP contribution in [0.4, 0.5) is 5.69 Å². The quantitative estimate of drug-likeness (QED) is 0.795. The first-order valence-corrected chi connectivity index (χ1v) is 8.07. The Balaban J connectivity index is 2.12. The number of nitrogen functional groups attached to an aromatic ring is 1. The predicted octanol–water partition coefficient (Wildman–Crippen LogP) is 1.79. The van der Waals surface area contributed by atoms with E-state index in [1.165, 1.54) is 12.1 Å².